The Bertz CT molecular complexity index is 714. The van der Waals surface area contributed by atoms with Crippen molar-refractivity contribution in [3.05, 3.63) is 71.6 Å². The lowest BCUT2D eigenvalue weighted by atomic mass is 10.2. The van der Waals surface area contributed by atoms with E-state index in [9.17, 15) is 9.59 Å². The molecule has 2 aromatic rings. The van der Waals surface area contributed by atoms with Gasteiger partial charge in [-0.1, -0.05) is 42.5 Å². The summed E-state index contributed by atoms with van der Waals surface area (Å²) in [6, 6.07) is 14.5. The summed E-state index contributed by atoms with van der Waals surface area (Å²) in [6.07, 6.45) is 3.78. The molecule has 2 amide bonds. The normalized spacial score (nSPS) is 10.5. The summed E-state index contributed by atoms with van der Waals surface area (Å²) in [7, 11) is 0. The first kappa shape index (κ1) is 17.2. The molecule has 0 fully saturated rings. The third kappa shape index (κ3) is 5.92. The molecule has 24 heavy (non-hydrogen) atoms. The number of primary amides is 1. The molecule has 1 heterocycles. The Morgan fingerprint density at radius 1 is 1.12 bits per heavy atom. The third-order valence-corrected chi connectivity index (χ3v) is 3.10. The first-order valence-electron chi connectivity index (χ1n) is 7.53. The number of carbonyl (C=O) groups is 2. The zero-order valence-electron chi connectivity index (χ0n) is 13.1. The van der Waals surface area contributed by atoms with Crippen LogP contribution in [0.2, 0.25) is 0 Å². The van der Waals surface area contributed by atoms with E-state index in [1.165, 1.54) is 0 Å². The maximum Gasteiger partial charge on any atom is 0.407 e. The Kier molecular flexibility index (Phi) is 6.52. The van der Waals surface area contributed by atoms with Crippen LogP contribution in [0.3, 0.4) is 0 Å². The second-order valence-corrected chi connectivity index (χ2v) is 4.99. The summed E-state index contributed by atoms with van der Waals surface area (Å²) in [5.74, 6) is -0.562. The van der Waals surface area contributed by atoms with E-state index in [1.807, 2.05) is 36.4 Å². The number of nitrogens with one attached hydrogen (secondary N) is 1. The van der Waals surface area contributed by atoms with Gasteiger partial charge in [0.1, 0.15) is 12.3 Å². The second-order valence-electron chi connectivity index (χ2n) is 4.99. The molecule has 1 aromatic heterocycles. The van der Waals surface area contributed by atoms with E-state index in [2.05, 4.69) is 10.3 Å². The molecule has 0 spiro atoms. The van der Waals surface area contributed by atoms with E-state index in [1.54, 1.807) is 24.3 Å². The van der Waals surface area contributed by atoms with Crippen molar-refractivity contribution < 1.29 is 14.3 Å². The van der Waals surface area contributed by atoms with E-state index in [4.69, 9.17) is 10.5 Å². The van der Waals surface area contributed by atoms with E-state index in [0.717, 1.165) is 5.56 Å². The number of rotatable bonds is 7. The summed E-state index contributed by atoms with van der Waals surface area (Å²) in [5, 5.41) is 2.66. The van der Waals surface area contributed by atoms with E-state index in [0.29, 0.717) is 18.7 Å². The molecule has 0 saturated carbocycles. The lowest BCUT2D eigenvalue weighted by Crippen LogP contribution is -2.24. The molecule has 6 nitrogen and oxygen atoms in total. The van der Waals surface area contributed by atoms with Crippen LogP contribution in [-0.4, -0.2) is 23.5 Å². The Balaban J connectivity index is 1.68. The molecule has 2 rings (SSSR count). The quantitative estimate of drug-likeness (QED) is 0.765. The Morgan fingerprint density at radius 3 is 2.67 bits per heavy atom. The van der Waals surface area contributed by atoms with Crippen LogP contribution in [0.25, 0.3) is 6.08 Å². The van der Waals surface area contributed by atoms with Crippen LogP contribution in [0.4, 0.5) is 4.79 Å². The van der Waals surface area contributed by atoms with Crippen molar-refractivity contribution in [1.82, 2.24) is 10.3 Å². The highest BCUT2D eigenvalue weighted by atomic mass is 16.5. The lowest BCUT2D eigenvalue weighted by molar-refractivity contribution is 0.0995. The standard InChI is InChI=1S/C18H19N3O3/c19-17(22)16-11-6-10-15(21-16)9-4-5-12-20-18(23)24-13-14-7-2-1-3-8-14/h1-4,6-11H,5,12-13H2,(H2,19,22)(H,20,23). The molecule has 3 N–H and O–H groups in total. The molecule has 6 heteroatoms. The summed E-state index contributed by atoms with van der Waals surface area (Å²) < 4.78 is 5.10. The molecule has 0 unspecified atom stereocenters. The maximum atomic E-state index is 11.5. The monoisotopic (exact) mass is 325 g/mol. The Labute approximate surface area is 140 Å². The Morgan fingerprint density at radius 2 is 1.92 bits per heavy atom. The first-order chi connectivity index (χ1) is 11.6. The number of hydrogen-bond donors (Lipinski definition) is 2. The van der Waals surface area contributed by atoms with E-state index < -0.39 is 12.0 Å². The minimum absolute atomic E-state index is 0.222. The number of benzene rings is 1. The smallest absolute Gasteiger partial charge is 0.407 e. The fraction of sp³-hybridized carbons (Fsp3) is 0.167. The van der Waals surface area contributed by atoms with Crippen LogP contribution in [0.5, 0.6) is 0 Å². The fourth-order valence-electron chi connectivity index (χ4n) is 1.92. The van der Waals surface area contributed by atoms with Gasteiger partial charge in [0.25, 0.3) is 5.91 Å². The highest BCUT2D eigenvalue weighted by Gasteiger charge is 2.02. The van der Waals surface area contributed by atoms with Gasteiger partial charge in [-0.25, -0.2) is 9.78 Å². The number of nitrogens with two attached hydrogens (primary N) is 1. The summed E-state index contributed by atoms with van der Waals surface area (Å²) in [5.41, 5.74) is 6.97. The Hall–Kier alpha value is -3.15. The van der Waals surface area contributed by atoms with Gasteiger partial charge < -0.3 is 15.8 Å². The highest BCUT2D eigenvalue weighted by Crippen LogP contribution is 2.02. The molecule has 124 valence electrons. The molecular weight excluding hydrogens is 306 g/mol. The second kappa shape index (κ2) is 9.09. The summed E-state index contributed by atoms with van der Waals surface area (Å²) in [4.78, 5) is 26.7. The van der Waals surface area contributed by atoms with Gasteiger partial charge in [-0.2, -0.15) is 0 Å². The number of carbonyl (C=O) groups excluding carboxylic acids is 2. The van der Waals surface area contributed by atoms with Crippen LogP contribution >= 0.6 is 0 Å². The SMILES string of the molecule is NC(=O)c1cccc(C=CCCNC(=O)OCc2ccccc2)n1. The number of amides is 2. The molecule has 0 atom stereocenters. The fourth-order valence-corrected chi connectivity index (χ4v) is 1.92. The van der Waals surface area contributed by atoms with Crippen molar-refractivity contribution in [2.24, 2.45) is 5.73 Å². The lowest BCUT2D eigenvalue weighted by Gasteiger charge is -2.05. The zero-order valence-corrected chi connectivity index (χ0v) is 13.1. The van der Waals surface area contributed by atoms with Crippen molar-refractivity contribution >= 4 is 18.1 Å². The van der Waals surface area contributed by atoms with Gasteiger partial charge in [-0.05, 0) is 30.2 Å². The van der Waals surface area contributed by atoms with Gasteiger partial charge in [-0.3, -0.25) is 4.79 Å². The van der Waals surface area contributed by atoms with Crippen LogP contribution < -0.4 is 11.1 Å². The number of alkyl carbamates (subject to hydrolysis) is 1. The van der Waals surface area contributed by atoms with E-state index in [-0.39, 0.29) is 12.3 Å². The van der Waals surface area contributed by atoms with Crippen molar-refractivity contribution in [3.63, 3.8) is 0 Å². The molecular formula is C18H19N3O3. The average Bonchev–Trinajstić information content (AvgIpc) is 2.61. The highest BCUT2D eigenvalue weighted by molar-refractivity contribution is 5.90. The van der Waals surface area contributed by atoms with Crippen molar-refractivity contribution in [2.45, 2.75) is 13.0 Å². The topological polar surface area (TPSA) is 94.3 Å². The van der Waals surface area contributed by atoms with Gasteiger partial charge in [0, 0.05) is 6.54 Å². The predicted molar refractivity (Wildman–Crippen MR) is 91.0 cm³/mol. The molecule has 0 aliphatic rings. The third-order valence-electron chi connectivity index (χ3n) is 3.10. The number of nitrogens with zero attached hydrogens (tertiary/aromatic N) is 1. The van der Waals surface area contributed by atoms with Crippen molar-refractivity contribution in [3.8, 4) is 0 Å². The molecule has 1 aromatic carbocycles. The van der Waals surface area contributed by atoms with E-state index >= 15 is 0 Å². The summed E-state index contributed by atoms with van der Waals surface area (Å²) >= 11 is 0. The van der Waals surface area contributed by atoms with Gasteiger partial charge in [0.2, 0.25) is 0 Å². The maximum absolute atomic E-state index is 11.5. The molecule has 0 saturated heterocycles. The van der Waals surface area contributed by atoms with Gasteiger partial charge in [0.05, 0.1) is 5.69 Å². The first-order valence-corrected chi connectivity index (χ1v) is 7.53. The minimum Gasteiger partial charge on any atom is -0.445 e. The van der Waals surface area contributed by atoms with Crippen LogP contribution in [0.1, 0.15) is 28.2 Å². The van der Waals surface area contributed by atoms with Crippen molar-refractivity contribution in [1.29, 1.82) is 0 Å². The minimum atomic E-state index is -0.562. The van der Waals surface area contributed by atoms with Gasteiger partial charge >= 0.3 is 6.09 Å². The number of aromatic nitrogens is 1. The molecule has 0 aliphatic carbocycles. The number of pyridine rings is 1. The van der Waals surface area contributed by atoms with Crippen LogP contribution in [-0.2, 0) is 11.3 Å². The number of hydrogen-bond acceptors (Lipinski definition) is 4. The van der Waals surface area contributed by atoms with Crippen LogP contribution in [0.15, 0.2) is 54.6 Å². The largest absolute Gasteiger partial charge is 0.445 e. The zero-order chi connectivity index (χ0) is 17.2. The molecule has 0 aliphatic heterocycles. The average molecular weight is 325 g/mol. The van der Waals surface area contributed by atoms with Gasteiger partial charge in [0.15, 0.2) is 0 Å². The van der Waals surface area contributed by atoms with Crippen molar-refractivity contribution in [2.75, 3.05) is 6.54 Å². The summed E-state index contributed by atoms with van der Waals surface area (Å²) in [6.45, 7) is 0.686. The van der Waals surface area contributed by atoms with Crippen LogP contribution in [0, 0.1) is 0 Å². The molecule has 0 bridgehead atoms. The van der Waals surface area contributed by atoms with Gasteiger partial charge in [-0.15, -0.1) is 0 Å². The predicted octanol–water partition coefficient (Wildman–Crippen LogP) is 2.51. The molecule has 0 radical (unpaired) electrons. The number of ether oxygens (including phenoxy) is 1.